The fraction of sp³-hybridized carbons (Fsp3) is 0.182. The zero-order chi connectivity index (χ0) is 13.0. The SMILES string of the molecule is COC(=O)C#Cc1cc(F)cc([N+](=O)[O-])c1C. The molecule has 0 spiro atoms. The smallest absolute Gasteiger partial charge is 0.384 e. The zero-order valence-electron chi connectivity index (χ0n) is 9.11. The van der Waals surface area contributed by atoms with Crippen LogP contribution in [-0.2, 0) is 9.53 Å². The lowest BCUT2D eigenvalue weighted by Crippen LogP contribution is -1.98. The highest BCUT2D eigenvalue weighted by atomic mass is 19.1. The molecule has 0 radical (unpaired) electrons. The van der Waals surface area contributed by atoms with E-state index in [0.29, 0.717) is 0 Å². The molecule has 0 aliphatic rings. The van der Waals surface area contributed by atoms with Crippen LogP contribution in [0.5, 0.6) is 0 Å². The molecule has 0 aliphatic heterocycles. The average molecular weight is 237 g/mol. The average Bonchev–Trinajstić information content (AvgIpc) is 2.28. The van der Waals surface area contributed by atoms with Crippen molar-refractivity contribution < 1.29 is 18.8 Å². The number of rotatable bonds is 1. The van der Waals surface area contributed by atoms with Gasteiger partial charge in [-0.05, 0) is 13.0 Å². The van der Waals surface area contributed by atoms with Gasteiger partial charge in [-0.2, -0.15) is 0 Å². The molecular weight excluding hydrogens is 229 g/mol. The maximum atomic E-state index is 13.1. The van der Waals surface area contributed by atoms with E-state index in [1.165, 1.54) is 6.92 Å². The van der Waals surface area contributed by atoms with Crippen LogP contribution in [0, 0.1) is 34.7 Å². The summed E-state index contributed by atoms with van der Waals surface area (Å²) in [7, 11) is 1.15. The van der Waals surface area contributed by atoms with E-state index in [2.05, 4.69) is 16.6 Å². The standard InChI is InChI=1S/C11H8FNO4/c1-7-8(3-4-11(14)17-2)5-9(12)6-10(7)13(15)16/h5-6H,1-2H3. The number of nitro benzene ring substituents is 1. The van der Waals surface area contributed by atoms with Crippen LogP contribution < -0.4 is 0 Å². The molecule has 0 heterocycles. The Labute approximate surface area is 96.3 Å². The van der Waals surface area contributed by atoms with Crippen LogP contribution >= 0.6 is 0 Å². The molecule has 0 saturated carbocycles. The molecule has 0 atom stereocenters. The molecule has 0 saturated heterocycles. The molecule has 6 heteroatoms. The van der Waals surface area contributed by atoms with Gasteiger partial charge in [-0.25, -0.2) is 9.18 Å². The van der Waals surface area contributed by atoms with Crippen LogP contribution in [-0.4, -0.2) is 18.0 Å². The largest absolute Gasteiger partial charge is 0.459 e. The number of carbonyl (C=O) groups is 1. The van der Waals surface area contributed by atoms with Gasteiger partial charge >= 0.3 is 5.97 Å². The van der Waals surface area contributed by atoms with Gasteiger partial charge in [-0.3, -0.25) is 10.1 Å². The minimum atomic E-state index is -0.795. The Balaban J connectivity index is 3.28. The number of methoxy groups -OCH3 is 1. The second-order valence-corrected chi connectivity index (χ2v) is 3.10. The Morgan fingerprint density at radius 3 is 2.71 bits per heavy atom. The minimum absolute atomic E-state index is 0.0853. The number of nitrogens with zero attached hydrogens (tertiary/aromatic N) is 1. The van der Waals surface area contributed by atoms with Crippen LogP contribution in [0.25, 0.3) is 0 Å². The summed E-state index contributed by atoms with van der Waals surface area (Å²) in [5.41, 5.74) is -0.0888. The highest BCUT2D eigenvalue weighted by molar-refractivity contribution is 5.89. The molecule has 1 rings (SSSR count). The van der Waals surface area contributed by atoms with Gasteiger partial charge in [0.2, 0.25) is 0 Å². The molecule has 1 aromatic carbocycles. The lowest BCUT2D eigenvalue weighted by atomic mass is 10.1. The van der Waals surface area contributed by atoms with Gasteiger partial charge in [0.05, 0.1) is 18.1 Å². The van der Waals surface area contributed by atoms with Crippen molar-refractivity contribution in [2.45, 2.75) is 6.92 Å². The third-order valence-electron chi connectivity index (χ3n) is 2.03. The summed E-state index contributed by atoms with van der Waals surface area (Å²) in [6.07, 6.45) is 0. The van der Waals surface area contributed by atoms with Gasteiger partial charge < -0.3 is 4.74 Å². The highest BCUT2D eigenvalue weighted by Crippen LogP contribution is 2.22. The van der Waals surface area contributed by atoms with Crippen LogP contribution in [0.4, 0.5) is 10.1 Å². The summed E-state index contributed by atoms with van der Waals surface area (Å²) in [5, 5.41) is 10.6. The van der Waals surface area contributed by atoms with E-state index in [4.69, 9.17) is 0 Å². The molecule has 17 heavy (non-hydrogen) atoms. The van der Waals surface area contributed by atoms with E-state index in [1.807, 2.05) is 0 Å². The topological polar surface area (TPSA) is 69.4 Å². The quantitative estimate of drug-likeness (QED) is 0.321. The van der Waals surface area contributed by atoms with E-state index in [-0.39, 0.29) is 16.8 Å². The number of carbonyl (C=O) groups excluding carboxylic acids is 1. The monoisotopic (exact) mass is 237 g/mol. The number of benzene rings is 1. The Bertz CT molecular complexity index is 542. The van der Waals surface area contributed by atoms with Crippen molar-refractivity contribution in [2.24, 2.45) is 0 Å². The fourth-order valence-corrected chi connectivity index (χ4v) is 1.15. The number of hydrogen-bond acceptors (Lipinski definition) is 4. The molecule has 5 nitrogen and oxygen atoms in total. The van der Waals surface area contributed by atoms with E-state index >= 15 is 0 Å². The summed E-state index contributed by atoms with van der Waals surface area (Å²) in [5.74, 6) is 2.84. The lowest BCUT2D eigenvalue weighted by molar-refractivity contribution is -0.385. The van der Waals surface area contributed by atoms with Crippen molar-refractivity contribution in [2.75, 3.05) is 7.11 Å². The molecule has 0 aromatic heterocycles. The van der Waals surface area contributed by atoms with Crippen LogP contribution in [0.2, 0.25) is 0 Å². The molecule has 0 bridgehead atoms. The number of nitro groups is 1. The third kappa shape index (κ3) is 3.01. The molecule has 0 N–H and O–H groups in total. The highest BCUT2D eigenvalue weighted by Gasteiger charge is 2.15. The minimum Gasteiger partial charge on any atom is -0.459 e. The summed E-state index contributed by atoms with van der Waals surface area (Å²) < 4.78 is 17.4. The van der Waals surface area contributed by atoms with Crippen molar-refractivity contribution in [3.8, 4) is 11.8 Å². The van der Waals surface area contributed by atoms with Gasteiger partial charge in [0, 0.05) is 17.0 Å². The van der Waals surface area contributed by atoms with E-state index in [0.717, 1.165) is 19.2 Å². The third-order valence-corrected chi connectivity index (χ3v) is 2.03. The second-order valence-electron chi connectivity index (χ2n) is 3.10. The summed E-state index contributed by atoms with van der Waals surface area (Å²) >= 11 is 0. The van der Waals surface area contributed by atoms with Gasteiger partial charge in [0.25, 0.3) is 5.69 Å². The molecule has 0 aliphatic carbocycles. The first-order valence-corrected chi connectivity index (χ1v) is 4.50. The van der Waals surface area contributed by atoms with Crippen molar-refractivity contribution in [1.29, 1.82) is 0 Å². The van der Waals surface area contributed by atoms with Crippen molar-refractivity contribution in [1.82, 2.24) is 0 Å². The fourth-order valence-electron chi connectivity index (χ4n) is 1.15. The number of ether oxygens (including phenoxy) is 1. The van der Waals surface area contributed by atoms with Crippen molar-refractivity contribution >= 4 is 11.7 Å². The first kappa shape index (κ1) is 12.6. The maximum Gasteiger partial charge on any atom is 0.384 e. The van der Waals surface area contributed by atoms with E-state index in [1.54, 1.807) is 0 Å². The predicted octanol–water partition coefficient (Wildman–Crippen LogP) is 1.57. The van der Waals surface area contributed by atoms with Crippen LogP contribution in [0.1, 0.15) is 11.1 Å². The summed E-state index contributed by atoms with van der Waals surface area (Å²) in [6.45, 7) is 1.43. The number of hydrogen-bond donors (Lipinski definition) is 0. The van der Waals surface area contributed by atoms with Crippen molar-refractivity contribution in [3.05, 3.63) is 39.2 Å². The van der Waals surface area contributed by atoms with Gasteiger partial charge in [-0.1, -0.05) is 5.92 Å². The Morgan fingerprint density at radius 2 is 2.18 bits per heavy atom. The second kappa shape index (κ2) is 5.07. The first-order chi connectivity index (χ1) is 7.95. The van der Waals surface area contributed by atoms with E-state index in [9.17, 15) is 19.3 Å². The first-order valence-electron chi connectivity index (χ1n) is 4.50. The maximum absolute atomic E-state index is 13.1. The van der Waals surface area contributed by atoms with Crippen molar-refractivity contribution in [3.63, 3.8) is 0 Å². The van der Waals surface area contributed by atoms with Crippen LogP contribution in [0.15, 0.2) is 12.1 Å². The Hall–Kier alpha value is -2.42. The Morgan fingerprint density at radius 1 is 1.53 bits per heavy atom. The molecule has 0 fully saturated rings. The molecule has 1 aromatic rings. The van der Waals surface area contributed by atoms with Gasteiger partial charge in [0.1, 0.15) is 5.82 Å². The molecule has 88 valence electrons. The summed E-state index contributed by atoms with van der Waals surface area (Å²) in [4.78, 5) is 20.7. The predicted molar refractivity (Wildman–Crippen MR) is 56.7 cm³/mol. The summed E-state index contributed by atoms with van der Waals surface area (Å²) in [6, 6.07) is 1.83. The number of esters is 1. The van der Waals surface area contributed by atoms with E-state index < -0.39 is 16.7 Å². The molecule has 0 amide bonds. The lowest BCUT2D eigenvalue weighted by Gasteiger charge is -2.00. The van der Waals surface area contributed by atoms with Gasteiger partial charge in [-0.15, -0.1) is 0 Å². The van der Waals surface area contributed by atoms with Gasteiger partial charge in [0.15, 0.2) is 0 Å². The van der Waals surface area contributed by atoms with Crippen LogP contribution in [0.3, 0.4) is 0 Å². The normalized spacial score (nSPS) is 9.12. The Kier molecular flexibility index (Phi) is 3.78. The zero-order valence-corrected chi connectivity index (χ0v) is 9.11. The molecular formula is C11H8FNO4. The molecule has 0 unspecified atom stereocenters. The number of halogens is 1.